The van der Waals surface area contributed by atoms with Crippen LogP contribution in [0.5, 0.6) is 0 Å². The van der Waals surface area contributed by atoms with Crippen molar-refractivity contribution in [1.29, 1.82) is 0 Å². The highest BCUT2D eigenvalue weighted by molar-refractivity contribution is 9.10. The fraction of sp³-hybridized carbons (Fsp3) is 0.133. The van der Waals surface area contributed by atoms with E-state index in [1.165, 1.54) is 12.1 Å². The zero-order valence-corrected chi connectivity index (χ0v) is 13.7. The van der Waals surface area contributed by atoms with E-state index in [9.17, 15) is 13.2 Å². The number of rotatable bonds is 4. The van der Waals surface area contributed by atoms with Crippen LogP contribution in [0.15, 0.2) is 57.9 Å². The third kappa shape index (κ3) is 3.71. The lowest BCUT2D eigenvalue weighted by Gasteiger charge is -2.10. The van der Waals surface area contributed by atoms with Gasteiger partial charge in [-0.25, -0.2) is 8.42 Å². The van der Waals surface area contributed by atoms with Crippen LogP contribution in [0.4, 0.5) is 5.69 Å². The van der Waals surface area contributed by atoms with E-state index in [0.717, 1.165) is 4.47 Å². The van der Waals surface area contributed by atoms with Crippen LogP contribution < -0.4 is 5.32 Å². The van der Waals surface area contributed by atoms with Crippen molar-refractivity contribution in [3.05, 3.63) is 58.6 Å². The summed E-state index contributed by atoms with van der Waals surface area (Å²) in [5.41, 5.74) is 0.748. The van der Waals surface area contributed by atoms with E-state index in [1.807, 2.05) is 6.07 Å². The van der Waals surface area contributed by atoms with Crippen molar-refractivity contribution >= 4 is 37.4 Å². The number of hydrogen-bond donors (Lipinski definition) is 1. The summed E-state index contributed by atoms with van der Waals surface area (Å²) >= 11 is 3.32. The van der Waals surface area contributed by atoms with Gasteiger partial charge in [0.1, 0.15) is 0 Å². The van der Waals surface area contributed by atoms with Crippen molar-refractivity contribution in [3.63, 3.8) is 0 Å². The Morgan fingerprint density at radius 3 is 2.52 bits per heavy atom. The predicted octanol–water partition coefficient (Wildman–Crippen LogP) is 3.50. The van der Waals surface area contributed by atoms with Crippen LogP contribution in [-0.2, 0) is 9.84 Å². The van der Waals surface area contributed by atoms with Gasteiger partial charge in [-0.1, -0.05) is 41.1 Å². The van der Waals surface area contributed by atoms with Crippen molar-refractivity contribution in [1.82, 2.24) is 0 Å². The molecule has 0 aliphatic heterocycles. The fourth-order valence-electron chi connectivity index (χ4n) is 1.85. The average Bonchev–Trinajstić information content (AvgIpc) is 2.47. The van der Waals surface area contributed by atoms with Gasteiger partial charge in [0.2, 0.25) is 0 Å². The number of carbonyl (C=O) groups is 1. The van der Waals surface area contributed by atoms with E-state index >= 15 is 0 Å². The number of amides is 1. The van der Waals surface area contributed by atoms with Gasteiger partial charge in [-0.2, -0.15) is 0 Å². The Morgan fingerprint density at radius 1 is 1.14 bits per heavy atom. The van der Waals surface area contributed by atoms with E-state index in [4.69, 9.17) is 0 Å². The molecule has 0 heterocycles. The lowest BCUT2D eigenvalue weighted by molar-refractivity contribution is 0.102. The Bertz CT molecular complexity index is 772. The first kappa shape index (κ1) is 15.7. The number of sulfone groups is 1. The molecule has 0 aromatic heterocycles. The Morgan fingerprint density at radius 2 is 1.86 bits per heavy atom. The Kier molecular flexibility index (Phi) is 4.80. The minimum atomic E-state index is -3.44. The molecule has 6 heteroatoms. The quantitative estimate of drug-likeness (QED) is 0.899. The topological polar surface area (TPSA) is 63.2 Å². The molecule has 4 nitrogen and oxygen atoms in total. The lowest BCUT2D eigenvalue weighted by Crippen LogP contribution is -2.17. The SMILES string of the molecule is CCS(=O)(=O)c1ccccc1C(=O)Nc1cccc(Br)c1. The number of carbonyl (C=O) groups excluding carboxylic acids is 1. The summed E-state index contributed by atoms with van der Waals surface area (Å²) in [4.78, 5) is 12.4. The first-order chi connectivity index (χ1) is 9.94. The molecule has 0 fully saturated rings. The first-order valence-corrected chi connectivity index (χ1v) is 8.77. The monoisotopic (exact) mass is 367 g/mol. The van der Waals surface area contributed by atoms with E-state index in [-0.39, 0.29) is 16.2 Å². The smallest absolute Gasteiger partial charge is 0.256 e. The molecule has 0 aliphatic carbocycles. The Balaban J connectivity index is 2.37. The van der Waals surface area contributed by atoms with Crippen LogP contribution in [-0.4, -0.2) is 20.1 Å². The molecule has 0 aliphatic rings. The predicted molar refractivity (Wildman–Crippen MR) is 86.3 cm³/mol. The third-order valence-corrected chi connectivity index (χ3v) is 5.21. The van der Waals surface area contributed by atoms with E-state index in [1.54, 1.807) is 37.3 Å². The largest absolute Gasteiger partial charge is 0.322 e. The highest BCUT2D eigenvalue weighted by Gasteiger charge is 2.20. The van der Waals surface area contributed by atoms with Crippen LogP contribution in [0.2, 0.25) is 0 Å². The molecule has 1 N–H and O–H groups in total. The second kappa shape index (κ2) is 6.41. The molecule has 0 atom stereocenters. The molecule has 2 rings (SSSR count). The molecule has 2 aromatic rings. The van der Waals surface area contributed by atoms with Gasteiger partial charge in [-0.05, 0) is 30.3 Å². The maximum atomic E-state index is 12.3. The van der Waals surface area contributed by atoms with Gasteiger partial charge in [-0.3, -0.25) is 4.79 Å². The fourth-order valence-corrected chi connectivity index (χ4v) is 3.34. The Labute approximate surface area is 132 Å². The molecular weight excluding hydrogens is 354 g/mol. The number of halogens is 1. The number of benzene rings is 2. The second-order valence-electron chi connectivity index (χ2n) is 4.36. The van der Waals surface area contributed by atoms with Gasteiger partial charge < -0.3 is 5.32 Å². The standard InChI is InChI=1S/C15H14BrNO3S/c1-2-21(19,20)14-9-4-3-8-13(14)15(18)17-12-7-5-6-11(16)10-12/h3-10H,2H2,1H3,(H,17,18). The molecular formula is C15H14BrNO3S. The summed E-state index contributed by atoms with van der Waals surface area (Å²) in [7, 11) is -3.44. The molecule has 2 aromatic carbocycles. The van der Waals surface area contributed by atoms with Gasteiger partial charge >= 0.3 is 0 Å². The molecule has 0 saturated carbocycles. The van der Waals surface area contributed by atoms with E-state index in [0.29, 0.717) is 5.69 Å². The molecule has 110 valence electrons. The summed E-state index contributed by atoms with van der Waals surface area (Å²) in [5, 5.41) is 2.70. The maximum absolute atomic E-state index is 12.3. The summed E-state index contributed by atoms with van der Waals surface area (Å²) < 4.78 is 24.9. The van der Waals surface area contributed by atoms with Crippen LogP contribution in [0.1, 0.15) is 17.3 Å². The molecule has 0 saturated heterocycles. The van der Waals surface area contributed by atoms with Crippen LogP contribution >= 0.6 is 15.9 Å². The molecule has 0 radical (unpaired) electrons. The van der Waals surface area contributed by atoms with Crippen molar-refractivity contribution in [2.45, 2.75) is 11.8 Å². The summed E-state index contributed by atoms with van der Waals surface area (Å²) in [6.07, 6.45) is 0. The zero-order chi connectivity index (χ0) is 15.5. The molecule has 0 spiro atoms. The normalized spacial score (nSPS) is 11.1. The van der Waals surface area contributed by atoms with Gasteiger partial charge in [0, 0.05) is 10.2 Å². The average molecular weight is 368 g/mol. The summed E-state index contributed by atoms with van der Waals surface area (Å²) in [5.74, 6) is -0.491. The van der Waals surface area contributed by atoms with Gasteiger partial charge in [0.25, 0.3) is 5.91 Å². The summed E-state index contributed by atoms with van der Waals surface area (Å²) in [6, 6.07) is 13.3. The van der Waals surface area contributed by atoms with Crippen molar-refractivity contribution < 1.29 is 13.2 Å². The molecule has 0 unspecified atom stereocenters. The number of nitrogens with one attached hydrogen (secondary N) is 1. The van der Waals surface area contributed by atoms with Crippen LogP contribution in [0, 0.1) is 0 Å². The maximum Gasteiger partial charge on any atom is 0.256 e. The molecule has 1 amide bonds. The minimum Gasteiger partial charge on any atom is -0.322 e. The highest BCUT2D eigenvalue weighted by Crippen LogP contribution is 2.20. The van der Waals surface area contributed by atoms with Crippen LogP contribution in [0.25, 0.3) is 0 Å². The minimum absolute atomic E-state index is 0.0474. The molecule has 0 bridgehead atoms. The van der Waals surface area contributed by atoms with Gasteiger partial charge in [-0.15, -0.1) is 0 Å². The van der Waals surface area contributed by atoms with E-state index < -0.39 is 15.7 Å². The third-order valence-electron chi connectivity index (χ3n) is 2.93. The number of hydrogen-bond acceptors (Lipinski definition) is 3. The Hall–Kier alpha value is -1.66. The van der Waals surface area contributed by atoms with Crippen molar-refractivity contribution in [3.8, 4) is 0 Å². The number of anilines is 1. The van der Waals surface area contributed by atoms with Gasteiger partial charge in [0.05, 0.1) is 16.2 Å². The van der Waals surface area contributed by atoms with E-state index in [2.05, 4.69) is 21.2 Å². The highest BCUT2D eigenvalue weighted by atomic mass is 79.9. The lowest BCUT2D eigenvalue weighted by atomic mass is 10.2. The van der Waals surface area contributed by atoms with Crippen molar-refractivity contribution in [2.75, 3.05) is 11.1 Å². The van der Waals surface area contributed by atoms with Crippen molar-refractivity contribution in [2.24, 2.45) is 0 Å². The molecule has 21 heavy (non-hydrogen) atoms. The zero-order valence-electron chi connectivity index (χ0n) is 11.3. The summed E-state index contributed by atoms with van der Waals surface area (Å²) in [6.45, 7) is 1.55. The second-order valence-corrected chi connectivity index (χ2v) is 7.53. The van der Waals surface area contributed by atoms with Gasteiger partial charge in [0.15, 0.2) is 9.84 Å². The van der Waals surface area contributed by atoms with Crippen LogP contribution in [0.3, 0.4) is 0 Å². The first-order valence-electron chi connectivity index (χ1n) is 6.33.